The number of carbonyl (C=O) groups is 1. The topological polar surface area (TPSA) is 91.7 Å². The van der Waals surface area contributed by atoms with Gasteiger partial charge in [0.2, 0.25) is 5.91 Å². The number of amides is 1. The molecule has 1 amide bonds. The monoisotopic (exact) mass is 252 g/mol. The molecule has 1 unspecified atom stereocenters. The first-order valence-electron chi connectivity index (χ1n) is 5.69. The van der Waals surface area contributed by atoms with Gasteiger partial charge in [-0.2, -0.15) is 15.8 Å². The third-order valence-electron chi connectivity index (χ3n) is 2.57. The van der Waals surface area contributed by atoms with Crippen molar-refractivity contribution >= 4 is 5.91 Å². The number of hydrogen-bond donors (Lipinski definition) is 0. The maximum absolute atomic E-state index is 12.1. The Morgan fingerprint density at radius 1 is 1.11 bits per heavy atom. The van der Waals surface area contributed by atoms with Crippen LogP contribution in [0.2, 0.25) is 0 Å². The summed E-state index contributed by atoms with van der Waals surface area (Å²) in [6.07, 6.45) is 0.281. The van der Waals surface area contributed by atoms with Crippen molar-refractivity contribution in [3.8, 4) is 18.2 Å². The van der Waals surface area contributed by atoms with Crippen LogP contribution in [0.1, 0.15) is 5.56 Å². The molecule has 5 heteroatoms. The van der Waals surface area contributed by atoms with E-state index in [1.807, 2.05) is 48.5 Å². The van der Waals surface area contributed by atoms with Crippen molar-refractivity contribution in [1.29, 1.82) is 15.8 Å². The van der Waals surface area contributed by atoms with Gasteiger partial charge in [-0.05, 0) is 12.0 Å². The third kappa shape index (κ3) is 4.15. The summed E-state index contributed by atoms with van der Waals surface area (Å²) < 4.78 is 0. The summed E-state index contributed by atoms with van der Waals surface area (Å²) in [7, 11) is 0. The second-order valence-corrected chi connectivity index (χ2v) is 3.88. The number of rotatable bonds is 5. The van der Waals surface area contributed by atoms with Crippen molar-refractivity contribution < 1.29 is 4.79 Å². The van der Waals surface area contributed by atoms with Gasteiger partial charge in [0, 0.05) is 0 Å². The Morgan fingerprint density at radius 3 is 2.16 bits per heavy atom. The standard InChI is InChI=1S/C14H12N4O/c15-6-8-18(9-7-16)14(19)13(11-17)10-12-4-2-1-3-5-12/h1-5,13H,8-10H2. The minimum absolute atomic E-state index is 0.181. The van der Waals surface area contributed by atoms with Gasteiger partial charge in [0.05, 0.1) is 18.2 Å². The zero-order valence-corrected chi connectivity index (χ0v) is 10.3. The summed E-state index contributed by atoms with van der Waals surface area (Å²) in [6, 6.07) is 14.8. The summed E-state index contributed by atoms with van der Waals surface area (Å²) >= 11 is 0. The van der Waals surface area contributed by atoms with Crippen LogP contribution in [0.3, 0.4) is 0 Å². The van der Waals surface area contributed by atoms with Gasteiger partial charge in [-0.3, -0.25) is 4.79 Å². The van der Waals surface area contributed by atoms with Crippen molar-refractivity contribution in [1.82, 2.24) is 4.90 Å². The van der Waals surface area contributed by atoms with E-state index in [1.54, 1.807) is 0 Å². The molecule has 0 aliphatic heterocycles. The van der Waals surface area contributed by atoms with Crippen molar-refractivity contribution in [3.63, 3.8) is 0 Å². The summed E-state index contributed by atoms with van der Waals surface area (Å²) in [5, 5.41) is 26.3. The zero-order chi connectivity index (χ0) is 14.1. The van der Waals surface area contributed by atoms with E-state index in [4.69, 9.17) is 15.8 Å². The Balaban J connectivity index is 2.80. The summed E-state index contributed by atoms with van der Waals surface area (Å²) in [4.78, 5) is 13.2. The van der Waals surface area contributed by atoms with Crippen LogP contribution in [0.5, 0.6) is 0 Å². The third-order valence-corrected chi connectivity index (χ3v) is 2.57. The van der Waals surface area contributed by atoms with Crippen LogP contribution in [0.15, 0.2) is 30.3 Å². The predicted molar refractivity (Wildman–Crippen MR) is 67.1 cm³/mol. The van der Waals surface area contributed by atoms with E-state index in [9.17, 15) is 4.79 Å². The Kier molecular flexibility index (Phi) is 5.60. The van der Waals surface area contributed by atoms with E-state index in [0.29, 0.717) is 0 Å². The maximum atomic E-state index is 12.1. The smallest absolute Gasteiger partial charge is 0.241 e. The molecule has 1 aromatic carbocycles. The van der Waals surface area contributed by atoms with Crippen molar-refractivity contribution in [2.45, 2.75) is 6.42 Å². The fraction of sp³-hybridized carbons (Fsp3) is 0.286. The number of nitriles is 3. The summed E-state index contributed by atoms with van der Waals surface area (Å²) in [5.41, 5.74) is 0.872. The largest absolute Gasteiger partial charge is 0.315 e. The van der Waals surface area contributed by atoms with Gasteiger partial charge in [0.1, 0.15) is 19.0 Å². The minimum atomic E-state index is -0.871. The molecule has 94 valence electrons. The Hall–Kier alpha value is -2.84. The van der Waals surface area contributed by atoms with E-state index in [0.717, 1.165) is 10.5 Å². The van der Waals surface area contributed by atoms with Crippen molar-refractivity contribution in [2.24, 2.45) is 5.92 Å². The van der Waals surface area contributed by atoms with Crippen LogP contribution in [-0.2, 0) is 11.2 Å². The molecule has 0 spiro atoms. The molecule has 0 saturated carbocycles. The van der Waals surface area contributed by atoms with E-state index >= 15 is 0 Å². The fourth-order valence-corrected chi connectivity index (χ4v) is 1.64. The molecule has 0 fully saturated rings. The lowest BCUT2D eigenvalue weighted by Gasteiger charge is -2.19. The Labute approximate surface area is 111 Å². The van der Waals surface area contributed by atoms with Gasteiger partial charge in [-0.15, -0.1) is 0 Å². The lowest BCUT2D eigenvalue weighted by molar-refractivity contribution is -0.132. The molecular formula is C14H12N4O. The summed E-state index contributed by atoms with van der Waals surface area (Å²) in [6.45, 7) is -0.362. The van der Waals surface area contributed by atoms with Crippen LogP contribution < -0.4 is 0 Å². The average molecular weight is 252 g/mol. The van der Waals surface area contributed by atoms with E-state index in [2.05, 4.69) is 0 Å². The lowest BCUT2D eigenvalue weighted by Crippen LogP contribution is -2.37. The molecule has 0 heterocycles. The Morgan fingerprint density at radius 2 is 1.68 bits per heavy atom. The number of benzene rings is 1. The van der Waals surface area contributed by atoms with Crippen LogP contribution in [0.25, 0.3) is 0 Å². The van der Waals surface area contributed by atoms with Crippen LogP contribution in [0, 0.1) is 39.9 Å². The van der Waals surface area contributed by atoms with Gasteiger partial charge in [0.15, 0.2) is 0 Å². The number of carbonyl (C=O) groups excluding carboxylic acids is 1. The van der Waals surface area contributed by atoms with Gasteiger partial charge in [0.25, 0.3) is 0 Å². The number of nitrogens with zero attached hydrogens (tertiary/aromatic N) is 4. The quantitative estimate of drug-likeness (QED) is 0.737. The minimum Gasteiger partial charge on any atom is -0.315 e. The van der Waals surface area contributed by atoms with Gasteiger partial charge < -0.3 is 4.90 Å². The molecular weight excluding hydrogens is 240 g/mol. The first-order valence-corrected chi connectivity index (χ1v) is 5.69. The molecule has 1 rings (SSSR count). The highest BCUT2D eigenvalue weighted by Crippen LogP contribution is 2.11. The molecule has 0 bridgehead atoms. The molecule has 0 N–H and O–H groups in total. The molecule has 0 aliphatic carbocycles. The molecule has 0 aliphatic rings. The molecule has 1 atom stereocenters. The van der Waals surface area contributed by atoms with Crippen molar-refractivity contribution in [2.75, 3.05) is 13.1 Å². The molecule has 5 nitrogen and oxygen atoms in total. The van der Waals surface area contributed by atoms with Crippen LogP contribution in [-0.4, -0.2) is 23.9 Å². The molecule has 0 saturated heterocycles. The highest BCUT2D eigenvalue weighted by atomic mass is 16.2. The normalized spacial score (nSPS) is 10.6. The highest BCUT2D eigenvalue weighted by Gasteiger charge is 2.24. The number of hydrogen-bond acceptors (Lipinski definition) is 4. The van der Waals surface area contributed by atoms with E-state index in [1.165, 1.54) is 0 Å². The molecule has 1 aromatic rings. The first kappa shape index (κ1) is 14.2. The van der Waals surface area contributed by atoms with Crippen LogP contribution >= 0.6 is 0 Å². The van der Waals surface area contributed by atoms with Gasteiger partial charge in [-0.25, -0.2) is 0 Å². The molecule has 0 aromatic heterocycles. The predicted octanol–water partition coefficient (Wildman–Crippen LogP) is 1.24. The zero-order valence-electron chi connectivity index (χ0n) is 10.3. The van der Waals surface area contributed by atoms with Crippen molar-refractivity contribution in [3.05, 3.63) is 35.9 Å². The molecule has 0 radical (unpaired) electrons. The van der Waals surface area contributed by atoms with E-state index < -0.39 is 11.8 Å². The second kappa shape index (κ2) is 7.48. The van der Waals surface area contributed by atoms with Gasteiger partial charge in [-0.1, -0.05) is 30.3 Å². The first-order chi connectivity index (χ1) is 9.22. The fourth-order valence-electron chi connectivity index (χ4n) is 1.64. The van der Waals surface area contributed by atoms with Gasteiger partial charge >= 0.3 is 0 Å². The Bertz CT molecular complexity index is 532. The SMILES string of the molecule is N#CCN(CC#N)C(=O)C(C#N)Cc1ccccc1. The second-order valence-electron chi connectivity index (χ2n) is 3.88. The highest BCUT2D eigenvalue weighted by molar-refractivity contribution is 5.82. The lowest BCUT2D eigenvalue weighted by atomic mass is 9.99. The maximum Gasteiger partial charge on any atom is 0.241 e. The molecule has 19 heavy (non-hydrogen) atoms. The van der Waals surface area contributed by atoms with Crippen LogP contribution in [0.4, 0.5) is 0 Å². The average Bonchev–Trinajstić information content (AvgIpc) is 2.45. The van der Waals surface area contributed by atoms with E-state index in [-0.39, 0.29) is 19.5 Å². The summed E-state index contributed by atoms with van der Waals surface area (Å²) in [5.74, 6) is -1.35.